The van der Waals surface area contributed by atoms with Crippen LogP contribution in [-0.2, 0) is 9.53 Å². The van der Waals surface area contributed by atoms with Gasteiger partial charge in [0.25, 0.3) is 5.91 Å². The quantitative estimate of drug-likeness (QED) is 0.857. The minimum absolute atomic E-state index is 0.0123. The van der Waals surface area contributed by atoms with E-state index in [9.17, 15) is 4.79 Å². The fourth-order valence-corrected chi connectivity index (χ4v) is 1.86. The van der Waals surface area contributed by atoms with Crippen LogP contribution in [0.4, 0.5) is 5.82 Å². The number of halogens is 1. The van der Waals surface area contributed by atoms with Crippen LogP contribution in [0.1, 0.15) is 12.8 Å². The zero-order valence-corrected chi connectivity index (χ0v) is 10.7. The Labute approximate surface area is 107 Å². The number of hydrogen-bond acceptors (Lipinski definition) is 5. The molecule has 1 saturated heterocycles. The number of rotatable bonds is 3. The number of nitrogens with zero attached hydrogens (tertiary/aromatic N) is 2. The third kappa shape index (κ3) is 3.21. The van der Waals surface area contributed by atoms with Crippen LogP contribution in [0.2, 0.25) is 0 Å². The molecule has 2 rings (SSSR count). The van der Waals surface area contributed by atoms with Crippen LogP contribution in [0.3, 0.4) is 0 Å². The van der Waals surface area contributed by atoms with Crippen LogP contribution in [0.5, 0.6) is 0 Å². The number of carbonyl (C=O) groups is 1. The normalized spacial score (nSPS) is 23.6. The molecule has 0 aliphatic carbocycles. The fraction of sp³-hybridized carbons (Fsp3) is 0.500. The zero-order chi connectivity index (χ0) is 12.3. The average molecular weight is 301 g/mol. The second kappa shape index (κ2) is 5.52. The molecule has 0 spiro atoms. The number of anilines is 1. The molecule has 17 heavy (non-hydrogen) atoms. The Morgan fingerprint density at radius 2 is 2.35 bits per heavy atom. The van der Waals surface area contributed by atoms with Gasteiger partial charge in [-0.2, -0.15) is 0 Å². The lowest BCUT2D eigenvalue weighted by molar-refractivity contribution is -0.126. The van der Waals surface area contributed by atoms with Crippen molar-refractivity contribution in [2.45, 2.75) is 25.0 Å². The van der Waals surface area contributed by atoms with Crippen molar-refractivity contribution in [3.63, 3.8) is 0 Å². The summed E-state index contributed by atoms with van der Waals surface area (Å²) in [4.78, 5) is 19.8. The van der Waals surface area contributed by atoms with Gasteiger partial charge in [0.15, 0.2) is 5.82 Å². The van der Waals surface area contributed by atoms with Crippen molar-refractivity contribution in [1.29, 1.82) is 0 Å². The van der Waals surface area contributed by atoms with E-state index in [0.717, 1.165) is 6.42 Å². The Kier molecular flexibility index (Phi) is 4.03. The summed E-state index contributed by atoms with van der Waals surface area (Å²) >= 11 is 3.17. The lowest BCUT2D eigenvalue weighted by atomic mass is 10.2. The Bertz CT molecular complexity index is 398. The van der Waals surface area contributed by atoms with Crippen molar-refractivity contribution in [2.24, 2.45) is 5.73 Å². The monoisotopic (exact) mass is 300 g/mol. The highest BCUT2D eigenvalue weighted by atomic mass is 79.9. The molecule has 92 valence electrons. The molecule has 1 aromatic heterocycles. The largest absolute Gasteiger partial charge is 0.364 e. The molecule has 1 aliphatic heterocycles. The number of ether oxygens (including phenoxy) is 1. The van der Waals surface area contributed by atoms with E-state index in [1.54, 1.807) is 0 Å². The van der Waals surface area contributed by atoms with Gasteiger partial charge in [-0.3, -0.25) is 4.79 Å². The topological polar surface area (TPSA) is 90.1 Å². The van der Waals surface area contributed by atoms with Crippen LogP contribution in [0.25, 0.3) is 0 Å². The van der Waals surface area contributed by atoms with Crippen LogP contribution in [-0.4, -0.2) is 34.6 Å². The van der Waals surface area contributed by atoms with Gasteiger partial charge in [-0.15, -0.1) is 0 Å². The summed E-state index contributed by atoms with van der Waals surface area (Å²) < 4.78 is 6.09. The number of aromatic nitrogens is 2. The lowest BCUT2D eigenvalue weighted by Crippen LogP contribution is -2.30. The Balaban J connectivity index is 1.91. The van der Waals surface area contributed by atoms with Gasteiger partial charge in [0.05, 0.1) is 18.5 Å². The molecule has 7 heteroatoms. The molecule has 0 saturated carbocycles. The Morgan fingerprint density at radius 3 is 2.94 bits per heavy atom. The molecule has 0 aromatic carbocycles. The summed E-state index contributed by atoms with van der Waals surface area (Å²) in [5.74, 6) is 0.218. The first-order valence-corrected chi connectivity index (χ1v) is 6.12. The molecule has 2 heterocycles. The summed E-state index contributed by atoms with van der Waals surface area (Å²) in [6.45, 7) is 0.446. The van der Waals surface area contributed by atoms with Gasteiger partial charge in [0.2, 0.25) is 0 Å². The van der Waals surface area contributed by atoms with E-state index in [4.69, 9.17) is 10.5 Å². The predicted octanol–water partition coefficient (Wildman–Crippen LogP) is 0.684. The van der Waals surface area contributed by atoms with E-state index in [1.807, 2.05) is 0 Å². The second-order valence-electron chi connectivity index (χ2n) is 3.77. The highest BCUT2D eigenvalue weighted by Gasteiger charge is 2.29. The van der Waals surface area contributed by atoms with Crippen molar-refractivity contribution in [3.05, 3.63) is 17.0 Å². The van der Waals surface area contributed by atoms with Gasteiger partial charge < -0.3 is 15.8 Å². The zero-order valence-electron chi connectivity index (χ0n) is 9.10. The summed E-state index contributed by atoms with van der Waals surface area (Å²) in [6, 6.07) is 0. The molecule has 1 amide bonds. The van der Waals surface area contributed by atoms with E-state index >= 15 is 0 Å². The fourth-order valence-electron chi connectivity index (χ4n) is 1.66. The lowest BCUT2D eigenvalue weighted by Gasteiger charge is -2.11. The highest BCUT2D eigenvalue weighted by molar-refractivity contribution is 9.10. The number of nitrogens with two attached hydrogens (primary N) is 1. The first-order valence-electron chi connectivity index (χ1n) is 5.33. The minimum Gasteiger partial charge on any atom is -0.364 e. The van der Waals surface area contributed by atoms with Gasteiger partial charge in [0.1, 0.15) is 10.7 Å². The maximum atomic E-state index is 11.8. The van der Waals surface area contributed by atoms with Crippen molar-refractivity contribution >= 4 is 27.7 Å². The first kappa shape index (κ1) is 12.4. The van der Waals surface area contributed by atoms with E-state index in [2.05, 4.69) is 31.2 Å². The van der Waals surface area contributed by atoms with Crippen molar-refractivity contribution in [3.8, 4) is 0 Å². The number of hydrogen-bond donors (Lipinski definition) is 2. The van der Waals surface area contributed by atoms with Crippen LogP contribution < -0.4 is 11.1 Å². The van der Waals surface area contributed by atoms with Crippen LogP contribution >= 0.6 is 15.9 Å². The first-order chi connectivity index (χ1) is 8.19. The van der Waals surface area contributed by atoms with Crippen LogP contribution in [0.15, 0.2) is 17.0 Å². The highest BCUT2D eigenvalue weighted by Crippen LogP contribution is 2.20. The third-order valence-corrected chi connectivity index (χ3v) is 2.94. The van der Waals surface area contributed by atoms with Gasteiger partial charge in [-0.1, -0.05) is 0 Å². The maximum Gasteiger partial charge on any atom is 0.254 e. The smallest absolute Gasteiger partial charge is 0.254 e. The van der Waals surface area contributed by atoms with Gasteiger partial charge >= 0.3 is 0 Å². The molecule has 6 nitrogen and oxygen atoms in total. The van der Waals surface area contributed by atoms with E-state index in [-0.39, 0.29) is 12.0 Å². The SMILES string of the molecule is NCC1CCC(C(=O)Nc2cnc(Br)cn2)O1. The van der Waals surface area contributed by atoms with E-state index in [0.29, 0.717) is 23.4 Å². The number of carbonyl (C=O) groups excluding carboxylic acids is 1. The van der Waals surface area contributed by atoms with Crippen LogP contribution in [0, 0.1) is 0 Å². The van der Waals surface area contributed by atoms with Crippen molar-refractivity contribution < 1.29 is 9.53 Å². The molecular weight excluding hydrogens is 288 g/mol. The molecular formula is C10H13BrN4O2. The molecule has 1 aromatic rings. The summed E-state index contributed by atoms with van der Waals surface area (Å²) in [5.41, 5.74) is 5.48. The van der Waals surface area contributed by atoms with E-state index < -0.39 is 6.10 Å². The minimum atomic E-state index is -0.436. The van der Waals surface area contributed by atoms with Gasteiger partial charge in [0, 0.05) is 6.54 Å². The third-order valence-electron chi connectivity index (χ3n) is 2.53. The molecule has 1 aliphatic rings. The molecule has 0 radical (unpaired) electrons. The molecule has 2 atom stereocenters. The summed E-state index contributed by atoms with van der Waals surface area (Å²) in [7, 11) is 0. The van der Waals surface area contributed by atoms with Gasteiger partial charge in [-0.05, 0) is 28.8 Å². The number of nitrogens with one attached hydrogen (secondary N) is 1. The predicted molar refractivity (Wildman–Crippen MR) is 65.3 cm³/mol. The molecule has 3 N–H and O–H groups in total. The molecule has 2 unspecified atom stereocenters. The van der Waals surface area contributed by atoms with Crippen molar-refractivity contribution in [1.82, 2.24) is 9.97 Å². The standard InChI is InChI=1S/C10H13BrN4O2/c11-8-4-14-9(5-13-8)15-10(16)7-2-1-6(3-12)17-7/h4-7H,1-3,12H2,(H,14,15,16). The number of amides is 1. The van der Waals surface area contributed by atoms with Gasteiger partial charge in [-0.25, -0.2) is 9.97 Å². The average Bonchev–Trinajstić information content (AvgIpc) is 2.81. The Hall–Kier alpha value is -1.05. The Morgan fingerprint density at radius 1 is 1.53 bits per heavy atom. The van der Waals surface area contributed by atoms with Crippen molar-refractivity contribution in [2.75, 3.05) is 11.9 Å². The summed E-state index contributed by atoms with van der Waals surface area (Å²) in [6.07, 6.45) is 4.07. The molecule has 0 bridgehead atoms. The maximum absolute atomic E-state index is 11.8. The summed E-state index contributed by atoms with van der Waals surface area (Å²) in [5, 5.41) is 2.66. The van der Waals surface area contributed by atoms with E-state index in [1.165, 1.54) is 12.4 Å². The molecule has 1 fully saturated rings. The second-order valence-corrected chi connectivity index (χ2v) is 4.59.